The van der Waals surface area contributed by atoms with E-state index in [-0.39, 0.29) is 5.78 Å². The number of carbonyl (C=O) groups is 1. The van der Waals surface area contributed by atoms with Crippen LogP contribution in [0.3, 0.4) is 0 Å². The van der Waals surface area contributed by atoms with E-state index >= 15 is 0 Å². The molecule has 0 unspecified atom stereocenters. The molecule has 158 valence electrons. The first-order valence-electron chi connectivity index (χ1n) is 10.1. The van der Waals surface area contributed by atoms with E-state index in [4.69, 9.17) is 31.2 Å². The van der Waals surface area contributed by atoms with E-state index < -0.39 is 6.04 Å². The number of fused-ring (bicyclic) bond motifs is 1. The van der Waals surface area contributed by atoms with Crippen LogP contribution in [0.5, 0.6) is 11.5 Å². The summed E-state index contributed by atoms with van der Waals surface area (Å²) >= 11 is 6.18. The zero-order valence-electron chi connectivity index (χ0n) is 17.2. The van der Waals surface area contributed by atoms with Crippen LogP contribution in [0, 0.1) is 0 Å². The van der Waals surface area contributed by atoms with Crippen molar-refractivity contribution in [3.05, 3.63) is 64.3 Å². The van der Waals surface area contributed by atoms with E-state index in [0.717, 1.165) is 29.7 Å². The highest BCUT2D eigenvalue weighted by Gasteiger charge is 2.38. The molecule has 8 heteroatoms. The minimum atomic E-state index is -0.468. The quantitative estimate of drug-likeness (QED) is 0.642. The van der Waals surface area contributed by atoms with E-state index in [9.17, 15) is 4.79 Å². The molecule has 0 saturated carbocycles. The molecule has 2 aromatic carbocycles. The standard InChI is InChI=1S/C23H21ClN4O3/c1-30-18-11-4-8-15(21(18)31-2)20-19-16(9-5-10-17(19)29)25-23-26-22(27-28(20)23)13-6-3-7-14(24)12-13/h3-4,6-8,11-12,20H,5,9-10H2,1-2H3,(H,25,26,27)/t20-/m1/s1. The number of allylic oxidation sites excluding steroid dienone is 2. The summed E-state index contributed by atoms with van der Waals surface area (Å²) in [4.78, 5) is 17.8. The van der Waals surface area contributed by atoms with Crippen molar-refractivity contribution in [3.8, 4) is 22.9 Å². The van der Waals surface area contributed by atoms with Gasteiger partial charge in [0.2, 0.25) is 5.95 Å². The van der Waals surface area contributed by atoms with E-state index in [1.54, 1.807) is 18.9 Å². The lowest BCUT2D eigenvalue weighted by Gasteiger charge is -2.32. The van der Waals surface area contributed by atoms with Crippen molar-refractivity contribution < 1.29 is 14.3 Å². The maximum Gasteiger partial charge on any atom is 0.226 e. The van der Waals surface area contributed by atoms with Crippen molar-refractivity contribution in [3.63, 3.8) is 0 Å². The highest BCUT2D eigenvalue weighted by atomic mass is 35.5. The van der Waals surface area contributed by atoms with Gasteiger partial charge in [-0.2, -0.15) is 4.98 Å². The van der Waals surface area contributed by atoms with Crippen LogP contribution in [-0.2, 0) is 4.79 Å². The number of ketones is 1. The molecule has 5 rings (SSSR count). The Morgan fingerprint density at radius 1 is 1.13 bits per heavy atom. The predicted octanol–water partition coefficient (Wildman–Crippen LogP) is 4.64. The van der Waals surface area contributed by atoms with Crippen molar-refractivity contribution in [2.75, 3.05) is 19.5 Å². The van der Waals surface area contributed by atoms with Gasteiger partial charge in [-0.1, -0.05) is 35.9 Å². The average molecular weight is 437 g/mol. The number of carbonyl (C=O) groups excluding carboxylic acids is 1. The number of Topliss-reactive ketones (excluding diaryl/α,β-unsaturated/α-hetero) is 1. The highest BCUT2D eigenvalue weighted by molar-refractivity contribution is 6.30. The minimum absolute atomic E-state index is 0.106. The zero-order valence-corrected chi connectivity index (χ0v) is 17.9. The van der Waals surface area contributed by atoms with Gasteiger partial charge >= 0.3 is 0 Å². The van der Waals surface area contributed by atoms with E-state index in [0.29, 0.717) is 40.3 Å². The lowest BCUT2D eigenvalue weighted by molar-refractivity contribution is -0.116. The second kappa shape index (κ2) is 7.74. The summed E-state index contributed by atoms with van der Waals surface area (Å²) in [6.07, 6.45) is 2.10. The van der Waals surface area contributed by atoms with E-state index in [1.165, 1.54) is 0 Å². The minimum Gasteiger partial charge on any atom is -0.493 e. The Hall–Kier alpha value is -3.32. The molecule has 3 aromatic rings. The number of hydrogen-bond donors (Lipinski definition) is 1. The summed E-state index contributed by atoms with van der Waals surface area (Å²) in [6, 6.07) is 12.6. The summed E-state index contributed by atoms with van der Waals surface area (Å²) < 4.78 is 13.0. The summed E-state index contributed by atoms with van der Waals surface area (Å²) in [5.74, 6) is 2.39. The summed E-state index contributed by atoms with van der Waals surface area (Å²) in [6.45, 7) is 0. The fraction of sp³-hybridized carbons (Fsp3) is 0.261. The van der Waals surface area contributed by atoms with Crippen molar-refractivity contribution in [2.24, 2.45) is 0 Å². The van der Waals surface area contributed by atoms with Crippen LogP contribution in [0.2, 0.25) is 5.02 Å². The molecule has 0 bridgehead atoms. The number of aromatic nitrogens is 3. The summed E-state index contributed by atoms with van der Waals surface area (Å²) in [7, 11) is 3.19. The van der Waals surface area contributed by atoms with Gasteiger partial charge in [0.25, 0.3) is 0 Å². The van der Waals surface area contributed by atoms with Gasteiger partial charge in [0.1, 0.15) is 6.04 Å². The number of rotatable bonds is 4. The molecular formula is C23H21ClN4O3. The fourth-order valence-corrected chi connectivity index (χ4v) is 4.51. The second-order valence-electron chi connectivity index (χ2n) is 7.49. The SMILES string of the molecule is COc1cccc([C@@H]2C3=C(CCCC3=O)Nc3nc(-c4cccc(Cl)c4)nn32)c1OC. The van der Waals surface area contributed by atoms with Gasteiger partial charge in [-0.05, 0) is 31.0 Å². The first-order valence-corrected chi connectivity index (χ1v) is 10.4. The van der Waals surface area contributed by atoms with Gasteiger partial charge < -0.3 is 14.8 Å². The molecule has 1 aromatic heterocycles. The Morgan fingerprint density at radius 2 is 1.97 bits per heavy atom. The number of methoxy groups -OCH3 is 2. The van der Waals surface area contributed by atoms with Crippen molar-refractivity contribution in [1.29, 1.82) is 0 Å². The molecule has 1 N–H and O–H groups in total. The predicted molar refractivity (Wildman–Crippen MR) is 118 cm³/mol. The number of benzene rings is 2. The molecule has 2 aliphatic rings. The molecule has 0 radical (unpaired) electrons. The van der Waals surface area contributed by atoms with Crippen LogP contribution in [-0.4, -0.2) is 34.8 Å². The Bertz CT molecular complexity index is 1220. The molecule has 1 atom stereocenters. The van der Waals surface area contributed by atoms with Gasteiger partial charge in [-0.3, -0.25) is 4.79 Å². The number of ether oxygens (including phenoxy) is 2. The number of nitrogens with one attached hydrogen (secondary N) is 1. The van der Waals surface area contributed by atoms with Crippen molar-refractivity contribution in [1.82, 2.24) is 14.8 Å². The van der Waals surface area contributed by atoms with Crippen LogP contribution in [0.25, 0.3) is 11.4 Å². The average Bonchev–Trinajstić information content (AvgIpc) is 3.21. The monoisotopic (exact) mass is 436 g/mol. The summed E-state index contributed by atoms with van der Waals surface area (Å²) in [5.41, 5.74) is 3.20. The van der Waals surface area contributed by atoms with Gasteiger partial charge in [-0.25, -0.2) is 4.68 Å². The number of halogens is 1. The Morgan fingerprint density at radius 3 is 2.74 bits per heavy atom. The molecule has 0 fully saturated rings. The molecule has 7 nitrogen and oxygen atoms in total. The van der Waals surface area contributed by atoms with E-state index in [1.807, 2.05) is 42.5 Å². The number of anilines is 1. The van der Waals surface area contributed by atoms with Crippen LogP contribution in [0.15, 0.2) is 53.7 Å². The van der Waals surface area contributed by atoms with Crippen LogP contribution < -0.4 is 14.8 Å². The largest absolute Gasteiger partial charge is 0.493 e. The van der Waals surface area contributed by atoms with Gasteiger partial charge in [0.15, 0.2) is 23.1 Å². The van der Waals surface area contributed by atoms with E-state index in [2.05, 4.69) is 5.32 Å². The molecular weight excluding hydrogens is 416 g/mol. The van der Waals surface area contributed by atoms with Gasteiger partial charge in [0.05, 0.1) is 14.2 Å². The molecule has 1 aliphatic carbocycles. The zero-order chi connectivity index (χ0) is 21.5. The van der Waals surface area contributed by atoms with Crippen molar-refractivity contribution in [2.45, 2.75) is 25.3 Å². The Balaban J connectivity index is 1.73. The number of para-hydroxylation sites is 1. The molecule has 0 amide bonds. The maximum absolute atomic E-state index is 13.0. The molecule has 2 heterocycles. The van der Waals surface area contributed by atoms with Crippen LogP contribution in [0.1, 0.15) is 30.9 Å². The Kier molecular flexibility index (Phi) is 4.90. The van der Waals surface area contributed by atoms with Gasteiger partial charge in [0, 0.05) is 33.8 Å². The molecule has 0 saturated heterocycles. The second-order valence-corrected chi connectivity index (χ2v) is 7.93. The fourth-order valence-electron chi connectivity index (χ4n) is 4.32. The third-order valence-corrected chi connectivity index (χ3v) is 5.91. The van der Waals surface area contributed by atoms with Gasteiger partial charge in [-0.15, -0.1) is 5.10 Å². The maximum atomic E-state index is 13.0. The first-order chi connectivity index (χ1) is 15.1. The molecule has 1 aliphatic heterocycles. The lowest BCUT2D eigenvalue weighted by Crippen LogP contribution is -2.31. The lowest BCUT2D eigenvalue weighted by atomic mass is 9.85. The topological polar surface area (TPSA) is 78.3 Å². The smallest absolute Gasteiger partial charge is 0.226 e. The normalized spacial score (nSPS) is 17.6. The number of hydrogen-bond acceptors (Lipinski definition) is 6. The first kappa shape index (κ1) is 19.6. The highest BCUT2D eigenvalue weighted by Crippen LogP contribution is 2.45. The van der Waals surface area contributed by atoms with Crippen LogP contribution in [0.4, 0.5) is 5.95 Å². The molecule has 0 spiro atoms. The third-order valence-electron chi connectivity index (χ3n) is 5.68. The van der Waals surface area contributed by atoms with Crippen molar-refractivity contribution >= 4 is 23.3 Å². The van der Waals surface area contributed by atoms with Crippen LogP contribution >= 0.6 is 11.6 Å². The molecule has 31 heavy (non-hydrogen) atoms. The Labute approximate surface area is 184 Å². The third kappa shape index (κ3) is 3.25. The number of nitrogens with zero attached hydrogens (tertiary/aromatic N) is 3. The summed E-state index contributed by atoms with van der Waals surface area (Å²) in [5, 5.41) is 8.73.